The van der Waals surface area contributed by atoms with Gasteiger partial charge in [0, 0.05) is 0 Å². The molecule has 0 heteroatoms. The fourth-order valence-corrected chi connectivity index (χ4v) is 3.08. The molecule has 0 aromatic rings. The lowest BCUT2D eigenvalue weighted by molar-refractivity contribution is 0.207. The van der Waals surface area contributed by atoms with Crippen LogP contribution in [0.2, 0.25) is 0 Å². The lowest BCUT2D eigenvalue weighted by Crippen LogP contribution is -2.19. The van der Waals surface area contributed by atoms with Crippen molar-refractivity contribution in [1.29, 1.82) is 0 Å². The van der Waals surface area contributed by atoms with Gasteiger partial charge in [0.1, 0.15) is 0 Å². The summed E-state index contributed by atoms with van der Waals surface area (Å²) in [6.45, 7) is 4.89. The molecule has 0 radical (unpaired) electrons. The molecule has 2 saturated carbocycles. The van der Waals surface area contributed by atoms with Crippen LogP contribution >= 0.6 is 0 Å². The van der Waals surface area contributed by atoms with Crippen LogP contribution in [0.15, 0.2) is 0 Å². The van der Waals surface area contributed by atoms with Crippen molar-refractivity contribution in [3.63, 3.8) is 0 Å². The summed E-state index contributed by atoms with van der Waals surface area (Å²) in [7, 11) is 0. The van der Waals surface area contributed by atoms with E-state index in [1.807, 2.05) is 0 Å². The van der Waals surface area contributed by atoms with E-state index in [2.05, 4.69) is 13.8 Å². The predicted octanol–water partition coefficient (Wildman–Crippen LogP) is 4.15. The van der Waals surface area contributed by atoms with E-state index in [0.29, 0.717) is 0 Å². The molecule has 0 aromatic carbocycles. The van der Waals surface area contributed by atoms with Gasteiger partial charge in [0.25, 0.3) is 0 Å². The highest BCUT2D eigenvalue weighted by molar-refractivity contribution is 4.96. The molecule has 0 heterocycles. The van der Waals surface area contributed by atoms with Crippen molar-refractivity contribution in [2.24, 2.45) is 10.8 Å². The molecule has 0 atom stereocenters. The van der Waals surface area contributed by atoms with Crippen molar-refractivity contribution in [3.8, 4) is 0 Å². The van der Waals surface area contributed by atoms with Gasteiger partial charge >= 0.3 is 0 Å². The van der Waals surface area contributed by atoms with Crippen LogP contribution < -0.4 is 0 Å². The Kier molecular flexibility index (Phi) is 1.97. The summed E-state index contributed by atoms with van der Waals surface area (Å²) in [5.74, 6) is 0. The average molecular weight is 166 g/mol. The molecule has 2 aliphatic carbocycles. The summed E-state index contributed by atoms with van der Waals surface area (Å²) in [6.07, 6.45) is 12.1. The van der Waals surface area contributed by atoms with Crippen LogP contribution in [-0.4, -0.2) is 0 Å². The lowest BCUT2D eigenvalue weighted by atomic mass is 9.75. The Morgan fingerprint density at radius 3 is 2.00 bits per heavy atom. The molecule has 0 spiro atoms. The van der Waals surface area contributed by atoms with Gasteiger partial charge in [0.2, 0.25) is 0 Å². The molecule has 0 aliphatic heterocycles. The van der Waals surface area contributed by atoms with Gasteiger partial charge in [-0.2, -0.15) is 0 Å². The highest BCUT2D eigenvalue weighted by atomic mass is 14.5. The summed E-state index contributed by atoms with van der Waals surface area (Å²) < 4.78 is 0. The van der Waals surface area contributed by atoms with Crippen LogP contribution in [0.5, 0.6) is 0 Å². The predicted molar refractivity (Wildman–Crippen MR) is 53.2 cm³/mol. The van der Waals surface area contributed by atoms with Crippen LogP contribution in [-0.2, 0) is 0 Å². The van der Waals surface area contributed by atoms with E-state index in [0.717, 1.165) is 10.8 Å². The third kappa shape index (κ3) is 1.53. The molecule has 2 rings (SSSR count). The zero-order valence-corrected chi connectivity index (χ0v) is 8.66. The minimum Gasteiger partial charge on any atom is -0.0649 e. The first-order chi connectivity index (χ1) is 5.68. The van der Waals surface area contributed by atoms with Gasteiger partial charge in [-0.15, -0.1) is 0 Å². The molecule has 0 unspecified atom stereocenters. The largest absolute Gasteiger partial charge is 0.0649 e. The second-order valence-electron chi connectivity index (χ2n) is 5.55. The standard InChI is InChI=1S/C12H22/c1-3-12(6-4-5-7-12)10-11(2)8-9-11/h3-10H2,1-2H3. The van der Waals surface area contributed by atoms with E-state index >= 15 is 0 Å². The quantitative estimate of drug-likeness (QED) is 0.591. The summed E-state index contributed by atoms with van der Waals surface area (Å²) in [6, 6.07) is 0. The molecule has 0 saturated heterocycles. The van der Waals surface area contributed by atoms with Gasteiger partial charge in [0.15, 0.2) is 0 Å². The molecule has 0 aromatic heterocycles. The van der Waals surface area contributed by atoms with Crippen molar-refractivity contribution in [3.05, 3.63) is 0 Å². The van der Waals surface area contributed by atoms with Crippen LogP contribution in [0.25, 0.3) is 0 Å². The molecule has 0 bridgehead atoms. The average Bonchev–Trinajstić information content (AvgIpc) is 2.62. The smallest absolute Gasteiger partial charge is 0.0295 e. The van der Waals surface area contributed by atoms with Crippen LogP contribution in [0.1, 0.15) is 65.2 Å². The minimum absolute atomic E-state index is 0.778. The lowest BCUT2D eigenvalue weighted by Gasteiger charge is -2.30. The third-order valence-electron chi connectivity index (χ3n) is 4.32. The maximum absolute atomic E-state index is 2.49. The first kappa shape index (κ1) is 8.59. The second kappa shape index (κ2) is 2.75. The zero-order valence-electron chi connectivity index (χ0n) is 8.66. The SMILES string of the molecule is CCC1(CC2(C)CC2)CCCC1. The fourth-order valence-electron chi connectivity index (χ4n) is 3.08. The Balaban J connectivity index is 1.97. The van der Waals surface area contributed by atoms with Gasteiger partial charge in [0.05, 0.1) is 0 Å². The van der Waals surface area contributed by atoms with Gasteiger partial charge in [-0.25, -0.2) is 0 Å². The Morgan fingerprint density at radius 1 is 1.00 bits per heavy atom. The fraction of sp³-hybridized carbons (Fsp3) is 1.00. The second-order valence-corrected chi connectivity index (χ2v) is 5.55. The summed E-state index contributed by atoms with van der Waals surface area (Å²) in [4.78, 5) is 0. The van der Waals surface area contributed by atoms with E-state index in [-0.39, 0.29) is 0 Å². The first-order valence-corrected chi connectivity index (χ1v) is 5.68. The van der Waals surface area contributed by atoms with Crippen molar-refractivity contribution in [2.75, 3.05) is 0 Å². The minimum atomic E-state index is 0.778. The molecular formula is C12H22. The normalized spacial score (nSPS) is 30.5. The van der Waals surface area contributed by atoms with Crippen molar-refractivity contribution in [2.45, 2.75) is 65.2 Å². The first-order valence-electron chi connectivity index (χ1n) is 5.68. The van der Waals surface area contributed by atoms with Gasteiger partial charge in [-0.1, -0.05) is 33.1 Å². The highest BCUT2D eigenvalue weighted by Crippen LogP contribution is 2.58. The summed E-state index contributed by atoms with van der Waals surface area (Å²) >= 11 is 0. The zero-order chi connectivity index (χ0) is 8.66. The topological polar surface area (TPSA) is 0 Å². The van der Waals surface area contributed by atoms with Crippen LogP contribution in [0.3, 0.4) is 0 Å². The van der Waals surface area contributed by atoms with Crippen LogP contribution in [0.4, 0.5) is 0 Å². The molecule has 0 nitrogen and oxygen atoms in total. The molecule has 0 N–H and O–H groups in total. The molecule has 70 valence electrons. The van der Waals surface area contributed by atoms with Gasteiger partial charge in [-0.05, 0) is 42.9 Å². The van der Waals surface area contributed by atoms with Crippen molar-refractivity contribution < 1.29 is 0 Å². The third-order valence-corrected chi connectivity index (χ3v) is 4.32. The summed E-state index contributed by atoms with van der Waals surface area (Å²) in [5, 5.41) is 0. The van der Waals surface area contributed by atoms with E-state index in [9.17, 15) is 0 Å². The Bertz CT molecular complexity index is 159. The van der Waals surface area contributed by atoms with E-state index in [1.165, 1.54) is 51.4 Å². The van der Waals surface area contributed by atoms with Crippen molar-refractivity contribution >= 4 is 0 Å². The monoisotopic (exact) mass is 166 g/mol. The Labute approximate surface area is 76.7 Å². The molecule has 0 amide bonds. The highest BCUT2D eigenvalue weighted by Gasteiger charge is 2.45. The van der Waals surface area contributed by atoms with E-state index in [4.69, 9.17) is 0 Å². The van der Waals surface area contributed by atoms with Crippen molar-refractivity contribution in [1.82, 2.24) is 0 Å². The maximum Gasteiger partial charge on any atom is -0.0295 e. The maximum atomic E-state index is 2.49. The Morgan fingerprint density at radius 2 is 1.58 bits per heavy atom. The van der Waals surface area contributed by atoms with Crippen LogP contribution in [0, 0.1) is 10.8 Å². The number of rotatable bonds is 3. The molecular weight excluding hydrogens is 144 g/mol. The number of hydrogen-bond donors (Lipinski definition) is 0. The van der Waals surface area contributed by atoms with Gasteiger partial charge < -0.3 is 0 Å². The molecule has 2 fully saturated rings. The van der Waals surface area contributed by atoms with E-state index < -0.39 is 0 Å². The summed E-state index contributed by atoms with van der Waals surface area (Å²) in [5.41, 5.74) is 1.56. The Hall–Kier alpha value is 0. The number of hydrogen-bond acceptors (Lipinski definition) is 0. The van der Waals surface area contributed by atoms with Gasteiger partial charge in [-0.3, -0.25) is 0 Å². The molecule has 12 heavy (non-hydrogen) atoms. The van der Waals surface area contributed by atoms with E-state index in [1.54, 1.807) is 0 Å². The molecule has 2 aliphatic rings.